The van der Waals surface area contributed by atoms with Gasteiger partial charge in [0.05, 0.1) is 17.7 Å². The molecule has 0 aromatic rings. The molecule has 0 aromatic carbocycles. The predicted molar refractivity (Wildman–Crippen MR) is 66.8 cm³/mol. The molecule has 0 saturated carbocycles. The lowest BCUT2D eigenvalue weighted by Crippen LogP contribution is -2.59. The fourth-order valence-electron chi connectivity index (χ4n) is 3.09. The van der Waals surface area contributed by atoms with E-state index in [1.165, 1.54) is 0 Å². The third-order valence-corrected chi connectivity index (χ3v) is 3.96. The van der Waals surface area contributed by atoms with Crippen molar-refractivity contribution in [3.05, 3.63) is 0 Å². The maximum atomic E-state index is 12.7. The van der Waals surface area contributed by atoms with Crippen LogP contribution in [0.2, 0.25) is 0 Å². The molecular weight excluding hydrogens is 216 g/mol. The Bertz CT molecular complexity index is 277. The number of amides is 1. The van der Waals surface area contributed by atoms with Gasteiger partial charge in [-0.25, -0.2) is 0 Å². The van der Waals surface area contributed by atoms with Crippen LogP contribution >= 0.6 is 0 Å². The first-order chi connectivity index (χ1) is 8.07. The first-order valence-electron chi connectivity index (χ1n) is 6.77. The Hall–Kier alpha value is -0.610. The van der Waals surface area contributed by atoms with Crippen molar-refractivity contribution < 1.29 is 9.53 Å². The van der Waals surface area contributed by atoms with Gasteiger partial charge in [0.25, 0.3) is 0 Å². The largest absolute Gasteiger partial charge is 0.372 e. The van der Waals surface area contributed by atoms with E-state index in [2.05, 4.69) is 12.2 Å². The highest BCUT2D eigenvalue weighted by Crippen LogP contribution is 2.27. The predicted octanol–water partition coefficient (Wildman–Crippen LogP) is 1.15. The van der Waals surface area contributed by atoms with Crippen LogP contribution < -0.4 is 5.32 Å². The lowest BCUT2D eigenvalue weighted by atomic mass is 9.92. The molecule has 17 heavy (non-hydrogen) atoms. The van der Waals surface area contributed by atoms with Gasteiger partial charge >= 0.3 is 0 Å². The van der Waals surface area contributed by atoms with Crippen molar-refractivity contribution in [2.24, 2.45) is 0 Å². The first kappa shape index (κ1) is 12.8. The molecule has 3 atom stereocenters. The summed E-state index contributed by atoms with van der Waals surface area (Å²) in [7, 11) is 0. The Labute approximate surface area is 104 Å². The van der Waals surface area contributed by atoms with Crippen LogP contribution in [0.15, 0.2) is 0 Å². The van der Waals surface area contributed by atoms with Crippen LogP contribution in [-0.2, 0) is 9.53 Å². The number of hydrogen-bond donors (Lipinski definition) is 1. The molecule has 2 heterocycles. The van der Waals surface area contributed by atoms with Crippen LogP contribution in [0.5, 0.6) is 0 Å². The maximum absolute atomic E-state index is 12.7. The summed E-state index contributed by atoms with van der Waals surface area (Å²) >= 11 is 0. The SMILES string of the molecule is CCC1(C(=O)N2CC(C)OC(C)C2)CCCN1. The summed E-state index contributed by atoms with van der Waals surface area (Å²) < 4.78 is 5.68. The number of morpholine rings is 1. The molecule has 0 bridgehead atoms. The van der Waals surface area contributed by atoms with Crippen LogP contribution in [0.4, 0.5) is 0 Å². The first-order valence-corrected chi connectivity index (χ1v) is 6.77. The second kappa shape index (κ2) is 4.94. The average molecular weight is 240 g/mol. The summed E-state index contributed by atoms with van der Waals surface area (Å²) in [4.78, 5) is 14.6. The number of carbonyl (C=O) groups excluding carboxylic acids is 1. The van der Waals surface area contributed by atoms with Gasteiger partial charge in [-0.2, -0.15) is 0 Å². The van der Waals surface area contributed by atoms with Crippen molar-refractivity contribution in [2.75, 3.05) is 19.6 Å². The number of hydrogen-bond acceptors (Lipinski definition) is 3. The van der Waals surface area contributed by atoms with E-state index >= 15 is 0 Å². The summed E-state index contributed by atoms with van der Waals surface area (Å²) in [5, 5.41) is 3.41. The fourth-order valence-corrected chi connectivity index (χ4v) is 3.09. The Morgan fingerprint density at radius 2 is 2.06 bits per heavy atom. The van der Waals surface area contributed by atoms with Crippen LogP contribution in [0, 0.1) is 0 Å². The fraction of sp³-hybridized carbons (Fsp3) is 0.923. The molecule has 0 aliphatic carbocycles. The van der Waals surface area contributed by atoms with Gasteiger partial charge < -0.3 is 15.0 Å². The van der Waals surface area contributed by atoms with E-state index < -0.39 is 0 Å². The molecular formula is C13H24N2O2. The van der Waals surface area contributed by atoms with E-state index in [1.54, 1.807) is 0 Å². The molecule has 2 saturated heterocycles. The second-order valence-electron chi connectivity index (χ2n) is 5.43. The Kier molecular flexibility index (Phi) is 3.73. The summed E-state index contributed by atoms with van der Waals surface area (Å²) in [6.07, 6.45) is 3.26. The minimum absolute atomic E-state index is 0.151. The van der Waals surface area contributed by atoms with Crippen molar-refractivity contribution in [3.8, 4) is 0 Å². The quantitative estimate of drug-likeness (QED) is 0.787. The molecule has 98 valence electrons. The average Bonchev–Trinajstić information content (AvgIpc) is 2.76. The molecule has 0 spiro atoms. The number of nitrogens with one attached hydrogen (secondary N) is 1. The van der Waals surface area contributed by atoms with Crippen LogP contribution in [0.1, 0.15) is 40.0 Å². The van der Waals surface area contributed by atoms with Crippen molar-refractivity contribution in [1.82, 2.24) is 10.2 Å². The number of carbonyl (C=O) groups is 1. The molecule has 4 heteroatoms. The van der Waals surface area contributed by atoms with E-state index in [1.807, 2.05) is 18.7 Å². The zero-order chi connectivity index (χ0) is 12.5. The van der Waals surface area contributed by atoms with Gasteiger partial charge in [-0.1, -0.05) is 6.92 Å². The topological polar surface area (TPSA) is 41.6 Å². The molecule has 2 aliphatic heterocycles. The molecule has 3 unspecified atom stereocenters. The highest BCUT2D eigenvalue weighted by molar-refractivity contribution is 5.86. The number of rotatable bonds is 2. The van der Waals surface area contributed by atoms with Crippen molar-refractivity contribution in [3.63, 3.8) is 0 Å². The van der Waals surface area contributed by atoms with Crippen molar-refractivity contribution >= 4 is 5.91 Å². The lowest BCUT2D eigenvalue weighted by molar-refractivity contribution is -0.149. The summed E-state index contributed by atoms with van der Waals surface area (Å²) in [6, 6.07) is 0. The minimum atomic E-state index is -0.295. The van der Waals surface area contributed by atoms with Crippen molar-refractivity contribution in [1.29, 1.82) is 0 Å². The second-order valence-corrected chi connectivity index (χ2v) is 5.43. The molecule has 0 aromatic heterocycles. The van der Waals surface area contributed by atoms with Gasteiger partial charge in [-0.15, -0.1) is 0 Å². The van der Waals surface area contributed by atoms with Gasteiger partial charge in [0.2, 0.25) is 5.91 Å². The van der Waals surface area contributed by atoms with E-state index in [4.69, 9.17) is 4.74 Å². The smallest absolute Gasteiger partial charge is 0.243 e. The molecule has 1 amide bonds. The highest BCUT2D eigenvalue weighted by Gasteiger charge is 2.43. The van der Waals surface area contributed by atoms with E-state index in [0.717, 1.165) is 38.9 Å². The molecule has 4 nitrogen and oxygen atoms in total. The third kappa shape index (κ3) is 2.47. The minimum Gasteiger partial charge on any atom is -0.372 e. The van der Waals surface area contributed by atoms with Gasteiger partial charge in [-0.05, 0) is 39.7 Å². The maximum Gasteiger partial charge on any atom is 0.243 e. The van der Waals surface area contributed by atoms with Gasteiger partial charge in [0.1, 0.15) is 0 Å². The summed E-state index contributed by atoms with van der Waals surface area (Å²) in [5.41, 5.74) is -0.295. The highest BCUT2D eigenvalue weighted by atomic mass is 16.5. The Balaban J connectivity index is 2.08. The van der Waals surface area contributed by atoms with E-state index in [9.17, 15) is 4.79 Å². The van der Waals surface area contributed by atoms with Crippen molar-refractivity contribution in [2.45, 2.75) is 57.8 Å². The monoisotopic (exact) mass is 240 g/mol. The molecule has 1 N–H and O–H groups in total. The standard InChI is InChI=1S/C13H24N2O2/c1-4-13(6-5-7-14-13)12(16)15-8-10(2)17-11(3)9-15/h10-11,14H,4-9H2,1-3H3. The Morgan fingerprint density at radius 1 is 1.41 bits per heavy atom. The van der Waals surface area contributed by atoms with Crippen LogP contribution in [0.25, 0.3) is 0 Å². The van der Waals surface area contributed by atoms with Gasteiger partial charge in [0.15, 0.2) is 0 Å². The lowest BCUT2D eigenvalue weighted by Gasteiger charge is -2.40. The Morgan fingerprint density at radius 3 is 2.53 bits per heavy atom. The van der Waals surface area contributed by atoms with Crippen LogP contribution in [-0.4, -0.2) is 48.2 Å². The summed E-state index contributed by atoms with van der Waals surface area (Å²) in [5.74, 6) is 0.277. The van der Waals surface area contributed by atoms with E-state index in [0.29, 0.717) is 0 Å². The van der Waals surface area contributed by atoms with E-state index in [-0.39, 0.29) is 23.7 Å². The normalized spacial score (nSPS) is 38.4. The zero-order valence-corrected chi connectivity index (χ0v) is 11.2. The molecule has 2 aliphatic rings. The summed E-state index contributed by atoms with van der Waals surface area (Å²) in [6.45, 7) is 8.60. The molecule has 0 radical (unpaired) electrons. The zero-order valence-electron chi connectivity index (χ0n) is 11.2. The molecule has 2 fully saturated rings. The molecule has 2 rings (SSSR count). The van der Waals surface area contributed by atoms with Gasteiger partial charge in [-0.3, -0.25) is 4.79 Å². The number of ether oxygens (including phenoxy) is 1. The van der Waals surface area contributed by atoms with Gasteiger partial charge in [0, 0.05) is 13.1 Å². The van der Waals surface area contributed by atoms with Crippen LogP contribution in [0.3, 0.4) is 0 Å². The third-order valence-electron chi connectivity index (χ3n) is 3.96. The number of nitrogens with zero attached hydrogens (tertiary/aromatic N) is 1.